The summed E-state index contributed by atoms with van der Waals surface area (Å²) in [5, 5.41) is 9.37. The Morgan fingerprint density at radius 3 is 2.53 bits per heavy atom. The number of carboxylic acids is 1. The predicted molar refractivity (Wildman–Crippen MR) is 54.2 cm³/mol. The van der Waals surface area contributed by atoms with Crippen LogP contribution in [0.2, 0.25) is 10.0 Å². The van der Waals surface area contributed by atoms with Gasteiger partial charge in [-0.15, -0.1) is 0 Å². The quantitative estimate of drug-likeness (QED) is 0.767. The maximum absolute atomic E-state index is 10.5. The zero-order chi connectivity index (χ0) is 10.7. The number of benzene rings is 1. The zero-order valence-corrected chi connectivity index (χ0v) is 11.8. The first-order valence-corrected chi connectivity index (χ1v) is 4.61. The van der Waals surface area contributed by atoms with Crippen molar-refractivity contribution in [2.24, 2.45) is 0 Å². The fourth-order valence-corrected chi connectivity index (χ4v) is 1.26. The first-order chi connectivity index (χ1) is 6.50. The largest absolute Gasteiger partial charge is 1.00 e. The molecule has 0 bridgehead atoms. The van der Waals surface area contributed by atoms with E-state index in [-0.39, 0.29) is 29.6 Å². The van der Waals surface area contributed by atoms with Crippen LogP contribution >= 0.6 is 23.2 Å². The number of aliphatic carboxylic acids is 1. The van der Waals surface area contributed by atoms with Crippen molar-refractivity contribution in [3.05, 3.63) is 28.2 Å². The van der Waals surface area contributed by atoms with E-state index in [1.54, 1.807) is 6.07 Å². The molecule has 0 aromatic heterocycles. The number of halogens is 2. The molecule has 0 saturated carbocycles. The van der Waals surface area contributed by atoms with Crippen LogP contribution in [0.25, 0.3) is 0 Å². The molecular weight excluding hydrogens is 250 g/mol. The molecule has 15 heavy (non-hydrogen) atoms. The second kappa shape index (κ2) is 6.61. The van der Waals surface area contributed by atoms with Crippen molar-refractivity contribution in [3.63, 3.8) is 0 Å². The molecule has 76 valence electrons. The van der Waals surface area contributed by atoms with Gasteiger partial charge in [0.05, 0.1) is 5.02 Å². The molecule has 1 aromatic carbocycles. The number of hydrogen-bond acceptors (Lipinski definition) is 2. The Labute approximate surface area is 120 Å². The Hall–Kier alpha value is 0.0700. The minimum atomic E-state index is -1.05. The fourth-order valence-electron chi connectivity index (χ4n) is 0.812. The molecule has 6 heteroatoms. The molecule has 1 unspecified atom stereocenters. The van der Waals surface area contributed by atoms with Gasteiger partial charge in [-0.05, 0) is 25.1 Å². The molecule has 0 saturated heterocycles. The summed E-state index contributed by atoms with van der Waals surface area (Å²) in [7, 11) is 0. The fraction of sp³-hybridized carbons (Fsp3) is 0.222. The minimum Gasteiger partial charge on any atom is -0.479 e. The van der Waals surface area contributed by atoms with Crippen LogP contribution in [0, 0.1) is 0 Å². The van der Waals surface area contributed by atoms with E-state index < -0.39 is 12.1 Å². The van der Waals surface area contributed by atoms with E-state index in [9.17, 15) is 4.79 Å². The maximum atomic E-state index is 10.5. The van der Waals surface area contributed by atoms with E-state index in [1.165, 1.54) is 19.1 Å². The Bertz CT molecular complexity index is 357. The monoisotopic (exact) mass is 257 g/mol. The molecule has 0 aliphatic carbocycles. The number of hydrogen-bond donors (Lipinski definition) is 1. The molecule has 1 atom stereocenters. The van der Waals surface area contributed by atoms with Gasteiger partial charge < -0.3 is 9.84 Å². The van der Waals surface area contributed by atoms with Crippen molar-refractivity contribution >= 4 is 29.2 Å². The van der Waals surface area contributed by atoms with Gasteiger partial charge in [-0.1, -0.05) is 23.2 Å². The SMILES string of the molecule is CC(Oc1ccc(Cl)cc1Cl)C(=O)O.[Na+]. The molecule has 0 amide bonds. The van der Waals surface area contributed by atoms with E-state index in [4.69, 9.17) is 33.0 Å². The molecule has 0 spiro atoms. The Balaban J connectivity index is 0.00000196. The molecule has 1 rings (SSSR count). The van der Waals surface area contributed by atoms with Gasteiger partial charge >= 0.3 is 35.5 Å². The molecular formula is C9H8Cl2NaO3+. The molecule has 1 N–H and O–H groups in total. The number of ether oxygens (including phenoxy) is 1. The van der Waals surface area contributed by atoms with E-state index in [0.29, 0.717) is 15.8 Å². The average molecular weight is 258 g/mol. The third kappa shape index (κ3) is 4.62. The second-order valence-corrected chi connectivity index (χ2v) is 3.52. The Morgan fingerprint density at radius 2 is 2.07 bits per heavy atom. The van der Waals surface area contributed by atoms with Gasteiger partial charge in [0.1, 0.15) is 5.75 Å². The van der Waals surface area contributed by atoms with E-state index in [2.05, 4.69) is 0 Å². The van der Waals surface area contributed by atoms with Crippen molar-refractivity contribution in [1.29, 1.82) is 0 Å². The average Bonchev–Trinajstić information content (AvgIpc) is 2.09. The first-order valence-electron chi connectivity index (χ1n) is 3.85. The van der Waals surface area contributed by atoms with Crippen molar-refractivity contribution < 1.29 is 44.2 Å². The van der Waals surface area contributed by atoms with Crippen LogP contribution in [0.15, 0.2) is 18.2 Å². The van der Waals surface area contributed by atoms with Crippen LogP contribution in [0.3, 0.4) is 0 Å². The van der Waals surface area contributed by atoms with Crippen LogP contribution in [0.5, 0.6) is 5.75 Å². The first kappa shape index (κ1) is 15.1. The molecule has 0 heterocycles. The second-order valence-electron chi connectivity index (χ2n) is 2.67. The van der Waals surface area contributed by atoms with Crippen molar-refractivity contribution in [3.8, 4) is 5.75 Å². The number of rotatable bonds is 3. The molecule has 1 aromatic rings. The topological polar surface area (TPSA) is 46.5 Å². The van der Waals surface area contributed by atoms with Gasteiger partial charge in [-0.2, -0.15) is 0 Å². The van der Waals surface area contributed by atoms with Crippen molar-refractivity contribution in [2.75, 3.05) is 0 Å². The summed E-state index contributed by atoms with van der Waals surface area (Å²) in [5.74, 6) is -0.734. The van der Waals surface area contributed by atoms with Crippen molar-refractivity contribution in [2.45, 2.75) is 13.0 Å². The molecule has 0 aliphatic heterocycles. The third-order valence-electron chi connectivity index (χ3n) is 1.55. The predicted octanol–water partition coefficient (Wildman–Crippen LogP) is -0.151. The summed E-state index contributed by atoms with van der Waals surface area (Å²) < 4.78 is 5.07. The summed E-state index contributed by atoms with van der Waals surface area (Å²) in [6.07, 6.45) is -0.936. The normalized spacial score (nSPS) is 11.4. The smallest absolute Gasteiger partial charge is 0.479 e. The van der Waals surface area contributed by atoms with E-state index >= 15 is 0 Å². The molecule has 0 aliphatic rings. The zero-order valence-electron chi connectivity index (χ0n) is 8.33. The maximum Gasteiger partial charge on any atom is 1.00 e. The summed E-state index contributed by atoms with van der Waals surface area (Å²) in [5.41, 5.74) is 0. The summed E-state index contributed by atoms with van der Waals surface area (Å²) in [6.45, 7) is 1.42. The van der Waals surface area contributed by atoms with Crippen LogP contribution in [0.4, 0.5) is 0 Å². The van der Waals surface area contributed by atoms with Gasteiger partial charge in [-0.3, -0.25) is 0 Å². The van der Waals surface area contributed by atoms with Crippen LogP contribution in [0.1, 0.15) is 6.92 Å². The van der Waals surface area contributed by atoms with Gasteiger partial charge in [0.25, 0.3) is 0 Å². The molecule has 3 nitrogen and oxygen atoms in total. The summed E-state index contributed by atoms with van der Waals surface area (Å²) in [6, 6.07) is 4.61. The van der Waals surface area contributed by atoms with Crippen LogP contribution in [-0.4, -0.2) is 17.2 Å². The molecule has 0 radical (unpaired) electrons. The third-order valence-corrected chi connectivity index (χ3v) is 2.08. The van der Waals surface area contributed by atoms with Gasteiger partial charge in [0.15, 0.2) is 6.10 Å². The number of carbonyl (C=O) groups is 1. The number of carboxylic acid groups (broad SMARTS) is 1. The minimum absolute atomic E-state index is 0. The van der Waals surface area contributed by atoms with Gasteiger partial charge in [0.2, 0.25) is 0 Å². The Kier molecular flexibility index (Phi) is 6.64. The summed E-state index contributed by atoms with van der Waals surface area (Å²) >= 11 is 11.4. The van der Waals surface area contributed by atoms with Crippen LogP contribution in [-0.2, 0) is 4.79 Å². The van der Waals surface area contributed by atoms with E-state index in [1.807, 2.05) is 0 Å². The Morgan fingerprint density at radius 1 is 1.47 bits per heavy atom. The van der Waals surface area contributed by atoms with E-state index in [0.717, 1.165) is 0 Å². The van der Waals surface area contributed by atoms with Gasteiger partial charge in [0, 0.05) is 5.02 Å². The van der Waals surface area contributed by atoms with Gasteiger partial charge in [-0.25, -0.2) is 4.79 Å². The van der Waals surface area contributed by atoms with Crippen molar-refractivity contribution in [1.82, 2.24) is 0 Å². The summed E-state index contributed by atoms with van der Waals surface area (Å²) in [4.78, 5) is 10.5. The standard InChI is InChI=1S/C9H8Cl2O3.Na/c1-5(9(12)13)14-8-3-2-6(10)4-7(8)11;/h2-5H,1H3,(H,12,13);/q;+1. The molecule has 0 fully saturated rings. The van der Waals surface area contributed by atoms with Crippen LogP contribution < -0.4 is 34.3 Å².